The lowest BCUT2D eigenvalue weighted by Crippen LogP contribution is -2.55. The summed E-state index contributed by atoms with van der Waals surface area (Å²) < 4.78 is 81.0. The molecule has 3 fully saturated rings. The summed E-state index contributed by atoms with van der Waals surface area (Å²) in [7, 11) is 0. The van der Waals surface area contributed by atoms with Crippen molar-refractivity contribution in [2.45, 2.75) is 106 Å². The Hall–Kier alpha value is -1.24. The van der Waals surface area contributed by atoms with Crippen molar-refractivity contribution in [2.24, 2.45) is 17.8 Å². The van der Waals surface area contributed by atoms with Gasteiger partial charge in [0.25, 0.3) is 0 Å². The lowest BCUT2D eigenvalue weighted by molar-refractivity contribution is -0.183. The molecule has 1 aromatic heterocycles. The zero-order valence-electron chi connectivity index (χ0n) is 21.8. The fourth-order valence-electron chi connectivity index (χ4n) is 6.06. The molecule has 1 aliphatic heterocycles. The van der Waals surface area contributed by atoms with E-state index in [9.17, 15) is 22.7 Å². The number of hydrogen-bond donors (Lipinski definition) is 1. The number of aliphatic hydroxyl groups is 1. The molecule has 0 amide bonds. The summed E-state index contributed by atoms with van der Waals surface area (Å²) in [5.74, 6) is -1.86. The number of halogens is 5. The molecule has 12 heteroatoms. The minimum absolute atomic E-state index is 0.0405. The van der Waals surface area contributed by atoms with E-state index in [0.29, 0.717) is 26.1 Å². The van der Waals surface area contributed by atoms with E-state index in [1.807, 2.05) is 19.9 Å². The van der Waals surface area contributed by atoms with Crippen LogP contribution in [0.4, 0.5) is 22.0 Å². The molecular weight excluding hydrogens is 529 g/mol. The second-order valence-corrected chi connectivity index (χ2v) is 12.7. The summed E-state index contributed by atoms with van der Waals surface area (Å²) in [6.45, 7) is 4.49. The van der Waals surface area contributed by atoms with Gasteiger partial charge in [-0.05, 0) is 57.4 Å². The fourth-order valence-corrected chi connectivity index (χ4v) is 7.44. The Morgan fingerprint density at radius 3 is 2.39 bits per heavy atom. The maximum absolute atomic E-state index is 15.0. The lowest BCUT2D eigenvalue weighted by Gasteiger charge is -2.45. The third-order valence-electron chi connectivity index (χ3n) is 8.46. The van der Waals surface area contributed by atoms with Gasteiger partial charge >= 0.3 is 6.18 Å². The molecule has 1 aromatic rings. The van der Waals surface area contributed by atoms with Crippen molar-refractivity contribution in [1.82, 2.24) is 14.8 Å². The molecule has 38 heavy (non-hydrogen) atoms. The van der Waals surface area contributed by atoms with Gasteiger partial charge in [0.2, 0.25) is 0 Å². The second kappa shape index (κ2) is 12.5. The predicted molar refractivity (Wildman–Crippen MR) is 134 cm³/mol. The molecule has 2 aliphatic carbocycles. The maximum Gasteiger partial charge on any atom is 0.391 e. The van der Waals surface area contributed by atoms with Gasteiger partial charge in [-0.15, -0.1) is 11.8 Å². The molecule has 0 aromatic carbocycles. The predicted octanol–water partition coefficient (Wildman–Crippen LogP) is 5.66. The average molecular weight is 568 g/mol. The molecule has 1 saturated heterocycles. The lowest BCUT2D eigenvalue weighted by atomic mass is 9.73. The van der Waals surface area contributed by atoms with E-state index in [0.717, 1.165) is 5.57 Å². The molecule has 1 N–H and O–H groups in total. The molecule has 2 heterocycles. The number of rotatable bonds is 8. The van der Waals surface area contributed by atoms with Crippen LogP contribution in [0.1, 0.15) is 58.8 Å². The summed E-state index contributed by atoms with van der Waals surface area (Å²) >= 11 is 1.45. The second-order valence-electron chi connectivity index (χ2n) is 11.1. The third kappa shape index (κ3) is 7.28. The fraction of sp³-hybridized carbons (Fsp3) is 0.846. The van der Waals surface area contributed by atoms with Crippen LogP contribution in [0, 0.1) is 17.8 Å². The SMILES string of the molecule is C/C(=C\C1OCC(SC(C)C(O)(Cn2cncn2)C2CCC(F)CC2F)CO1)C1CCC(C(F)(F)F)CC1. The van der Waals surface area contributed by atoms with Crippen molar-refractivity contribution in [3.63, 3.8) is 0 Å². The first-order valence-corrected chi connectivity index (χ1v) is 14.4. The molecule has 0 spiro atoms. The van der Waals surface area contributed by atoms with Crippen molar-refractivity contribution in [3.8, 4) is 0 Å². The van der Waals surface area contributed by atoms with Gasteiger partial charge in [0.1, 0.15) is 30.6 Å². The summed E-state index contributed by atoms with van der Waals surface area (Å²) in [6.07, 6.45) is -1.16. The van der Waals surface area contributed by atoms with Gasteiger partial charge in [-0.1, -0.05) is 12.5 Å². The van der Waals surface area contributed by atoms with Crippen molar-refractivity contribution in [1.29, 1.82) is 0 Å². The maximum atomic E-state index is 15.0. The van der Waals surface area contributed by atoms with Gasteiger partial charge in [0.05, 0.1) is 30.9 Å². The summed E-state index contributed by atoms with van der Waals surface area (Å²) in [6, 6.07) is 0. The highest BCUT2D eigenvalue weighted by Crippen LogP contribution is 2.44. The van der Waals surface area contributed by atoms with E-state index in [1.54, 1.807) is 0 Å². The smallest absolute Gasteiger partial charge is 0.386 e. The van der Waals surface area contributed by atoms with Crippen LogP contribution in [0.25, 0.3) is 0 Å². The van der Waals surface area contributed by atoms with Gasteiger partial charge in [0, 0.05) is 17.6 Å². The molecule has 216 valence electrons. The summed E-state index contributed by atoms with van der Waals surface area (Å²) in [4.78, 5) is 3.92. The largest absolute Gasteiger partial charge is 0.391 e. The van der Waals surface area contributed by atoms with Crippen LogP contribution >= 0.6 is 11.8 Å². The summed E-state index contributed by atoms with van der Waals surface area (Å²) in [5, 5.41) is 15.4. The first-order valence-electron chi connectivity index (χ1n) is 13.4. The number of nitrogens with zero attached hydrogens (tertiary/aromatic N) is 3. The number of ether oxygens (including phenoxy) is 2. The van der Waals surface area contributed by atoms with Gasteiger partial charge < -0.3 is 14.6 Å². The Morgan fingerprint density at radius 1 is 1.13 bits per heavy atom. The van der Waals surface area contributed by atoms with Crippen LogP contribution in [0.5, 0.6) is 0 Å². The average Bonchev–Trinajstić information content (AvgIpc) is 3.37. The van der Waals surface area contributed by atoms with Gasteiger partial charge in [-0.3, -0.25) is 4.68 Å². The minimum atomic E-state index is -4.12. The van der Waals surface area contributed by atoms with Crippen LogP contribution in [-0.4, -0.2) is 74.0 Å². The van der Waals surface area contributed by atoms with E-state index in [2.05, 4.69) is 10.1 Å². The molecule has 4 rings (SSSR count). The van der Waals surface area contributed by atoms with Gasteiger partial charge in [-0.2, -0.15) is 18.3 Å². The number of allylic oxidation sites excluding steroid dienone is 1. The molecule has 5 atom stereocenters. The van der Waals surface area contributed by atoms with E-state index in [-0.39, 0.29) is 49.8 Å². The number of thioether (sulfide) groups is 1. The minimum Gasteiger partial charge on any atom is -0.386 e. The Bertz CT molecular complexity index is 904. The summed E-state index contributed by atoms with van der Waals surface area (Å²) in [5.41, 5.74) is -0.504. The number of hydrogen-bond acceptors (Lipinski definition) is 6. The molecule has 2 saturated carbocycles. The van der Waals surface area contributed by atoms with E-state index in [1.165, 1.54) is 29.1 Å². The van der Waals surface area contributed by atoms with Crippen molar-refractivity contribution in [2.75, 3.05) is 13.2 Å². The highest BCUT2D eigenvalue weighted by molar-refractivity contribution is 8.00. The van der Waals surface area contributed by atoms with Crippen LogP contribution in [0.3, 0.4) is 0 Å². The third-order valence-corrected chi connectivity index (χ3v) is 9.93. The Morgan fingerprint density at radius 2 is 1.82 bits per heavy atom. The van der Waals surface area contributed by atoms with E-state index >= 15 is 4.39 Å². The molecule has 0 radical (unpaired) electrons. The van der Waals surface area contributed by atoms with Crippen LogP contribution in [0.15, 0.2) is 24.3 Å². The highest BCUT2D eigenvalue weighted by atomic mass is 32.2. The standard InChI is InChI=1S/C26H38F5N3O3S/c1-16(18-3-5-19(6-4-18)26(29,30)31)9-24-36-11-21(12-37-24)38-17(2)25(35,13-34-15-32-14-33-34)22-8-7-20(27)10-23(22)28/h9,14-15,17-24,35H,3-8,10-13H2,1-2H3/b16-9+. The zero-order chi connectivity index (χ0) is 27.5. The first kappa shape index (κ1) is 29.7. The molecule has 0 bridgehead atoms. The van der Waals surface area contributed by atoms with Crippen LogP contribution < -0.4 is 0 Å². The van der Waals surface area contributed by atoms with Gasteiger partial charge in [-0.25, -0.2) is 13.8 Å². The molecule has 3 aliphatic rings. The monoisotopic (exact) mass is 567 g/mol. The number of alkyl halides is 5. The Balaban J connectivity index is 1.32. The van der Waals surface area contributed by atoms with E-state index < -0.39 is 47.5 Å². The van der Waals surface area contributed by atoms with Crippen LogP contribution in [0.2, 0.25) is 0 Å². The first-order chi connectivity index (χ1) is 18.0. The molecule has 5 unspecified atom stereocenters. The molecule has 6 nitrogen and oxygen atoms in total. The Labute approximate surface area is 224 Å². The highest BCUT2D eigenvalue weighted by Gasteiger charge is 2.49. The zero-order valence-corrected chi connectivity index (χ0v) is 22.6. The van der Waals surface area contributed by atoms with Gasteiger partial charge in [0.15, 0.2) is 6.29 Å². The topological polar surface area (TPSA) is 69.4 Å². The normalized spacial score (nSPS) is 36.0. The van der Waals surface area contributed by atoms with Crippen molar-refractivity contribution < 1.29 is 36.5 Å². The quantitative estimate of drug-likeness (QED) is 0.323. The van der Waals surface area contributed by atoms with Crippen LogP contribution in [-0.2, 0) is 16.0 Å². The Kier molecular flexibility index (Phi) is 9.79. The van der Waals surface area contributed by atoms with Crippen molar-refractivity contribution >= 4 is 11.8 Å². The molecular formula is C26H38F5N3O3S. The number of aromatic nitrogens is 3. The van der Waals surface area contributed by atoms with Crippen molar-refractivity contribution in [3.05, 3.63) is 24.3 Å². The van der Waals surface area contributed by atoms with E-state index in [4.69, 9.17) is 9.47 Å².